The van der Waals surface area contributed by atoms with Crippen LogP contribution in [0.3, 0.4) is 0 Å². The quantitative estimate of drug-likeness (QED) is 0.651. The van der Waals surface area contributed by atoms with E-state index in [1.807, 2.05) is 19.0 Å². The molecular formula is C18H21N3O3. The number of hydrogen-bond acceptors (Lipinski definition) is 5. The Balaban J connectivity index is 2.18. The van der Waals surface area contributed by atoms with Crippen LogP contribution in [0.1, 0.15) is 27.6 Å². The molecule has 0 aliphatic carbocycles. The van der Waals surface area contributed by atoms with E-state index in [0.29, 0.717) is 29.1 Å². The number of anilines is 3. The molecular weight excluding hydrogens is 306 g/mol. The Morgan fingerprint density at radius 3 is 2.38 bits per heavy atom. The van der Waals surface area contributed by atoms with Gasteiger partial charge in [-0.3, -0.25) is 4.79 Å². The Labute approximate surface area is 141 Å². The molecule has 2 aromatic rings. The number of nitrogens with one attached hydrogen (secondary N) is 1. The lowest BCUT2D eigenvalue weighted by molar-refractivity contribution is 0.0526. The van der Waals surface area contributed by atoms with Crippen molar-refractivity contribution < 1.29 is 14.3 Å². The monoisotopic (exact) mass is 327 g/mol. The van der Waals surface area contributed by atoms with Gasteiger partial charge in [0, 0.05) is 31.2 Å². The van der Waals surface area contributed by atoms with Crippen LogP contribution >= 0.6 is 0 Å². The van der Waals surface area contributed by atoms with Gasteiger partial charge >= 0.3 is 5.97 Å². The van der Waals surface area contributed by atoms with E-state index in [0.717, 1.165) is 5.69 Å². The number of nitrogens with two attached hydrogens (primary N) is 1. The summed E-state index contributed by atoms with van der Waals surface area (Å²) in [6, 6.07) is 11.7. The molecule has 0 saturated heterocycles. The molecule has 0 atom stereocenters. The molecule has 6 nitrogen and oxygen atoms in total. The van der Waals surface area contributed by atoms with Crippen molar-refractivity contribution in [3.8, 4) is 0 Å². The van der Waals surface area contributed by atoms with E-state index in [4.69, 9.17) is 10.5 Å². The van der Waals surface area contributed by atoms with Crippen molar-refractivity contribution in [1.29, 1.82) is 0 Å². The van der Waals surface area contributed by atoms with Crippen molar-refractivity contribution in [2.45, 2.75) is 6.92 Å². The van der Waals surface area contributed by atoms with Crippen molar-refractivity contribution in [1.82, 2.24) is 0 Å². The number of ether oxygens (including phenoxy) is 1. The minimum atomic E-state index is -0.388. The van der Waals surface area contributed by atoms with E-state index in [2.05, 4.69) is 5.32 Å². The molecule has 0 fully saturated rings. The van der Waals surface area contributed by atoms with E-state index in [1.54, 1.807) is 49.4 Å². The Hall–Kier alpha value is -3.02. The number of esters is 1. The predicted octanol–water partition coefficient (Wildman–Crippen LogP) is 2.76. The van der Waals surface area contributed by atoms with Gasteiger partial charge < -0.3 is 20.7 Å². The highest BCUT2D eigenvalue weighted by Crippen LogP contribution is 2.23. The summed E-state index contributed by atoms with van der Waals surface area (Å²) < 4.78 is 4.93. The summed E-state index contributed by atoms with van der Waals surface area (Å²) in [6.45, 7) is 2.07. The van der Waals surface area contributed by atoms with Crippen molar-refractivity contribution in [3.63, 3.8) is 0 Å². The molecule has 126 valence electrons. The fourth-order valence-corrected chi connectivity index (χ4v) is 2.23. The first-order valence-corrected chi connectivity index (χ1v) is 7.57. The Morgan fingerprint density at radius 1 is 1.12 bits per heavy atom. The van der Waals surface area contributed by atoms with Crippen LogP contribution in [-0.2, 0) is 4.74 Å². The van der Waals surface area contributed by atoms with E-state index in [9.17, 15) is 9.59 Å². The highest BCUT2D eigenvalue weighted by molar-refractivity contribution is 6.08. The molecule has 6 heteroatoms. The predicted molar refractivity (Wildman–Crippen MR) is 95.5 cm³/mol. The third-order valence-corrected chi connectivity index (χ3v) is 3.40. The zero-order chi connectivity index (χ0) is 17.7. The van der Waals surface area contributed by atoms with Gasteiger partial charge in [0.05, 0.1) is 17.7 Å². The average Bonchev–Trinajstić information content (AvgIpc) is 2.55. The third kappa shape index (κ3) is 4.04. The number of benzene rings is 2. The first-order valence-electron chi connectivity index (χ1n) is 7.57. The number of carbonyl (C=O) groups excluding carboxylic acids is 2. The molecule has 0 aromatic heterocycles. The second-order valence-corrected chi connectivity index (χ2v) is 5.42. The third-order valence-electron chi connectivity index (χ3n) is 3.40. The molecule has 0 saturated carbocycles. The van der Waals surface area contributed by atoms with Crippen LogP contribution in [0.5, 0.6) is 0 Å². The lowest BCUT2D eigenvalue weighted by Crippen LogP contribution is -2.19. The second-order valence-electron chi connectivity index (χ2n) is 5.42. The fraction of sp³-hybridized carbons (Fsp3) is 0.222. The van der Waals surface area contributed by atoms with E-state index in [-0.39, 0.29) is 11.9 Å². The van der Waals surface area contributed by atoms with Crippen LogP contribution < -0.4 is 16.0 Å². The summed E-state index contributed by atoms with van der Waals surface area (Å²) >= 11 is 0. The zero-order valence-corrected chi connectivity index (χ0v) is 14.0. The molecule has 2 rings (SSSR count). The van der Waals surface area contributed by atoms with Crippen molar-refractivity contribution >= 4 is 28.9 Å². The number of nitrogen functional groups attached to an aromatic ring is 1. The van der Waals surface area contributed by atoms with Gasteiger partial charge in [-0.05, 0) is 49.4 Å². The lowest BCUT2D eigenvalue weighted by Gasteiger charge is -2.17. The zero-order valence-electron chi connectivity index (χ0n) is 14.0. The van der Waals surface area contributed by atoms with Crippen LogP contribution in [0.25, 0.3) is 0 Å². The molecule has 1 amide bonds. The summed E-state index contributed by atoms with van der Waals surface area (Å²) in [4.78, 5) is 26.0. The van der Waals surface area contributed by atoms with E-state index >= 15 is 0 Å². The van der Waals surface area contributed by atoms with Gasteiger partial charge in [-0.25, -0.2) is 4.79 Å². The fourth-order valence-electron chi connectivity index (χ4n) is 2.23. The minimum Gasteiger partial charge on any atom is -0.462 e. The van der Waals surface area contributed by atoms with Gasteiger partial charge in [-0.15, -0.1) is 0 Å². The number of amides is 1. The number of nitrogens with zero attached hydrogens (tertiary/aromatic N) is 1. The maximum Gasteiger partial charge on any atom is 0.338 e. The van der Waals surface area contributed by atoms with Crippen LogP contribution in [0, 0.1) is 0 Å². The normalized spacial score (nSPS) is 10.1. The molecule has 24 heavy (non-hydrogen) atoms. The Kier molecular flexibility index (Phi) is 5.42. The molecule has 0 heterocycles. The highest BCUT2D eigenvalue weighted by Gasteiger charge is 2.14. The van der Waals surface area contributed by atoms with Crippen molar-refractivity contribution in [2.24, 2.45) is 0 Å². The molecule has 3 N–H and O–H groups in total. The molecule has 0 radical (unpaired) electrons. The molecule has 0 aliphatic rings. The highest BCUT2D eigenvalue weighted by atomic mass is 16.5. The Morgan fingerprint density at radius 2 is 1.79 bits per heavy atom. The van der Waals surface area contributed by atoms with Crippen molar-refractivity contribution in [3.05, 3.63) is 53.6 Å². The standard InChI is InChI=1S/C18H21N3O3/c1-4-24-18(23)12-5-8-14(9-6-12)20-17(22)15-11-13(19)7-10-16(15)21(2)3/h5-11H,4,19H2,1-3H3,(H,20,22). The van der Waals surface area contributed by atoms with E-state index in [1.165, 1.54) is 0 Å². The number of rotatable bonds is 5. The van der Waals surface area contributed by atoms with Crippen LogP contribution in [0.15, 0.2) is 42.5 Å². The molecule has 0 bridgehead atoms. The molecule has 0 aliphatic heterocycles. The summed E-state index contributed by atoms with van der Waals surface area (Å²) in [6.07, 6.45) is 0. The Bertz CT molecular complexity index is 740. The van der Waals surface area contributed by atoms with Crippen LogP contribution in [0.2, 0.25) is 0 Å². The van der Waals surface area contributed by atoms with Crippen molar-refractivity contribution in [2.75, 3.05) is 36.7 Å². The van der Waals surface area contributed by atoms with Gasteiger partial charge in [0.15, 0.2) is 0 Å². The topological polar surface area (TPSA) is 84.7 Å². The maximum absolute atomic E-state index is 12.5. The largest absolute Gasteiger partial charge is 0.462 e. The lowest BCUT2D eigenvalue weighted by atomic mass is 10.1. The second kappa shape index (κ2) is 7.50. The van der Waals surface area contributed by atoms with Gasteiger partial charge in [0.1, 0.15) is 0 Å². The first kappa shape index (κ1) is 17.3. The maximum atomic E-state index is 12.5. The molecule has 0 spiro atoms. The van der Waals surface area contributed by atoms with E-state index < -0.39 is 0 Å². The SMILES string of the molecule is CCOC(=O)c1ccc(NC(=O)c2cc(N)ccc2N(C)C)cc1. The van der Waals surface area contributed by atoms with Gasteiger partial charge in [-0.1, -0.05) is 0 Å². The number of carbonyl (C=O) groups is 2. The van der Waals surface area contributed by atoms with Gasteiger partial charge in [-0.2, -0.15) is 0 Å². The first-order chi connectivity index (χ1) is 11.4. The van der Waals surface area contributed by atoms with Gasteiger partial charge in [0.25, 0.3) is 5.91 Å². The number of hydrogen-bond donors (Lipinski definition) is 2. The minimum absolute atomic E-state index is 0.269. The van der Waals surface area contributed by atoms with Crippen LogP contribution in [0.4, 0.5) is 17.1 Å². The molecule has 2 aromatic carbocycles. The summed E-state index contributed by atoms with van der Waals surface area (Å²) in [5.74, 6) is -0.656. The average molecular weight is 327 g/mol. The summed E-state index contributed by atoms with van der Waals surface area (Å²) in [5.41, 5.74) is 8.58. The molecule has 0 unspecified atom stereocenters. The summed E-state index contributed by atoms with van der Waals surface area (Å²) in [5, 5.41) is 2.81. The van der Waals surface area contributed by atoms with Crippen LogP contribution in [-0.4, -0.2) is 32.6 Å². The van der Waals surface area contributed by atoms with Gasteiger partial charge in [0.2, 0.25) is 0 Å². The smallest absolute Gasteiger partial charge is 0.338 e. The summed E-state index contributed by atoms with van der Waals surface area (Å²) in [7, 11) is 3.72.